The molecule has 6 nitrogen and oxygen atoms in total. The first-order chi connectivity index (χ1) is 11.9. The van der Waals surface area contributed by atoms with Gasteiger partial charge in [0.25, 0.3) is 5.91 Å². The van der Waals surface area contributed by atoms with E-state index in [2.05, 4.69) is 30.6 Å². The van der Waals surface area contributed by atoms with Gasteiger partial charge in [0.2, 0.25) is 0 Å². The first-order valence-electron chi connectivity index (χ1n) is 9.32. The molecule has 1 saturated carbocycles. The molecule has 3 heterocycles. The van der Waals surface area contributed by atoms with Crippen molar-refractivity contribution in [2.24, 2.45) is 0 Å². The van der Waals surface area contributed by atoms with Gasteiger partial charge in [-0.05, 0) is 58.6 Å². The molecule has 2 aromatic rings. The minimum Gasteiger partial charge on any atom is -0.332 e. The summed E-state index contributed by atoms with van der Waals surface area (Å²) in [5, 5.41) is 9.01. The number of carbonyl (C=O) groups excluding carboxylic acids is 1. The zero-order valence-electron chi connectivity index (χ0n) is 15.4. The maximum atomic E-state index is 13.1. The van der Waals surface area contributed by atoms with Crippen molar-refractivity contribution in [1.29, 1.82) is 0 Å². The maximum Gasteiger partial charge on any atom is 0.274 e. The third-order valence-electron chi connectivity index (χ3n) is 5.18. The molecule has 0 radical (unpaired) electrons. The first kappa shape index (κ1) is 16.4. The van der Waals surface area contributed by atoms with Gasteiger partial charge in [0.05, 0.1) is 18.1 Å². The number of carbonyl (C=O) groups is 1. The highest BCUT2D eigenvalue weighted by atomic mass is 16.2. The lowest BCUT2D eigenvalue weighted by Crippen LogP contribution is -2.38. The molecule has 25 heavy (non-hydrogen) atoms. The van der Waals surface area contributed by atoms with Crippen molar-refractivity contribution >= 4 is 5.91 Å². The topological polar surface area (TPSA) is 56.0 Å². The summed E-state index contributed by atoms with van der Waals surface area (Å²) in [5.74, 6) is 0.645. The zero-order valence-corrected chi connectivity index (χ0v) is 15.4. The average molecular weight is 341 g/mol. The summed E-state index contributed by atoms with van der Waals surface area (Å²) in [6.07, 6.45) is 8.24. The van der Waals surface area contributed by atoms with Crippen LogP contribution in [0.5, 0.6) is 0 Å². The number of likely N-dealkylation sites (tertiary alicyclic amines) is 1. The molecule has 1 aliphatic heterocycles. The number of hydrogen-bond donors (Lipinski definition) is 0. The average Bonchev–Trinajstić information content (AvgIpc) is 2.99. The number of hydrogen-bond acceptors (Lipinski definition) is 3. The summed E-state index contributed by atoms with van der Waals surface area (Å²) in [6, 6.07) is 4.17. The Labute approximate surface area is 148 Å². The number of nitrogens with zero attached hydrogens (tertiary/aromatic N) is 5. The fourth-order valence-corrected chi connectivity index (χ4v) is 3.77. The van der Waals surface area contributed by atoms with Crippen LogP contribution in [0.1, 0.15) is 68.6 Å². The molecule has 1 amide bonds. The summed E-state index contributed by atoms with van der Waals surface area (Å²) >= 11 is 0. The Balaban J connectivity index is 1.57. The van der Waals surface area contributed by atoms with Crippen LogP contribution in [-0.2, 0) is 12.1 Å². The second-order valence-electron chi connectivity index (χ2n) is 8.33. The Morgan fingerprint density at radius 2 is 2.08 bits per heavy atom. The van der Waals surface area contributed by atoms with Crippen LogP contribution in [0.15, 0.2) is 24.5 Å². The quantitative estimate of drug-likeness (QED) is 0.859. The van der Waals surface area contributed by atoms with Gasteiger partial charge in [-0.2, -0.15) is 10.2 Å². The Bertz CT molecular complexity index is 751. The molecule has 2 fully saturated rings. The molecule has 1 aliphatic carbocycles. The van der Waals surface area contributed by atoms with Gasteiger partial charge in [0, 0.05) is 30.6 Å². The molecular formula is C19H27N5O. The van der Waals surface area contributed by atoms with Crippen molar-refractivity contribution in [3.05, 3.63) is 35.9 Å². The third kappa shape index (κ3) is 3.22. The van der Waals surface area contributed by atoms with Crippen molar-refractivity contribution in [1.82, 2.24) is 24.5 Å². The minimum absolute atomic E-state index is 0.0690. The lowest BCUT2D eigenvalue weighted by Gasteiger charge is -2.24. The van der Waals surface area contributed by atoms with E-state index in [9.17, 15) is 4.79 Å². The second kappa shape index (κ2) is 6.00. The van der Waals surface area contributed by atoms with Crippen molar-refractivity contribution < 1.29 is 4.79 Å². The molecule has 2 aliphatic rings. The predicted octanol–water partition coefficient (Wildman–Crippen LogP) is 3.02. The van der Waals surface area contributed by atoms with Gasteiger partial charge in [0.15, 0.2) is 5.69 Å². The molecule has 4 rings (SSSR count). The van der Waals surface area contributed by atoms with Gasteiger partial charge in [-0.1, -0.05) is 0 Å². The molecule has 0 bridgehead atoms. The zero-order chi connectivity index (χ0) is 17.6. The lowest BCUT2D eigenvalue weighted by atomic mass is 10.1. The normalized spacial score (nSPS) is 21.1. The highest BCUT2D eigenvalue weighted by molar-refractivity contribution is 5.93. The van der Waals surface area contributed by atoms with Gasteiger partial charge < -0.3 is 4.90 Å². The maximum absolute atomic E-state index is 13.1. The van der Waals surface area contributed by atoms with Gasteiger partial charge in [0.1, 0.15) is 0 Å². The molecule has 1 unspecified atom stereocenters. The van der Waals surface area contributed by atoms with Crippen LogP contribution in [0.25, 0.3) is 0 Å². The number of aromatic nitrogens is 4. The van der Waals surface area contributed by atoms with E-state index in [0.717, 1.165) is 25.9 Å². The molecule has 2 aromatic heterocycles. The van der Waals surface area contributed by atoms with E-state index in [4.69, 9.17) is 5.10 Å². The number of amides is 1. The summed E-state index contributed by atoms with van der Waals surface area (Å²) in [6.45, 7) is 8.02. The van der Waals surface area contributed by atoms with Crippen molar-refractivity contribution in [2.75, 3.05) is 6.54 Å². The Morgan fingerprint density at radius 1 is 1.28 bits per heavy atom. The fourth-order valence-electron chi connectivity index (χ4n) is 3.77. The largest absolute Gasteiger partial charge is 0.332 e. The van der Waals surface area contributed by atoms with Crippen molar-refractivity contribution in [3.8, 4) is 0 Å². The summed E-state index contributed by atoms with van der Waals surface area (Å²) in [7, 11) is 0. The Kier molecular flexibility index (Phi) is 3.93. The summed E-state index contributed by atoms with van der Waals surface area (Å²) in [4.78, 5) is 15.1. The van der Waals surface area contributed by atoms with Crippen LogP contribution < -0.4 is 0 Å². The molecular weight excluding hydrogens is 314 g/mol. The van der Waals surface area contributed by atoms with Crippen LogP contribution in [-0.4, -0.2) is 43.0 Å². The van der Waals surface area contributed by atoms with Crippen molar-refractivity contribution in [2.45, 2.75) is 70.5 Å². The molecule has 134 valence electrons. The van der Waals surface area contributed by atoms with Crippen LogP contribution in [0, 0.1) is 0 Å². The highest BCUT2D eigenvalue weighted by Gasteiger charge is 2.35. The molecule has 1 saturated heterocycles. The SMILES string of the molecule is CC(C)(C)n1nc(C(=O)N2CCCC2Cn2cccn2)cc1C1CC1. The summed E-state index contributed by atoms with van der Waals surface area (Å²) < 4.78 is 3.98. The van der Waals surface area contributed by atoms with E-state index < -0.39 is 0 Å². The van der Waals surface area contributed by atoms with E-state index in [1.807, 2.05) is 27.9 Å². The Morgan fingerprint density at radius 3 is 2.72 bits per heavy atom. The Hall–Kier alpha value is -2.11. The van der Waals surface area contributed by atoms with Crippen LogP contribution in [0.2, 0.25) is 0 Å². The fraction of sp³-hybridized carbons (Fsp3) is 0.632. The van der Waals surface area contributed by atoms with Crippen LogP contribution in [0.4, 0.5) is 0 Å². The van der Waals surface area contributed by atoms with Gasteiger partial charge in [-0.25, -0.2) is 0 Å². The predicted molar refractivity (Wildman–Crippen MR) is 95.5 cm³/mol. The van der Waals surface area contributed by atoms with E-state index in [-0.39, 0.29) is 17.5 Å². The second-order valence-corrected chi connectivity index (χ2v) is 8.33. The summed E-state index contributed by atoms with van der Waals surface area (Å²) in [5.41, 5.74) is 1.72. The molecule has 1 atom stereocenters. The molecule has 0 spiro atoms. The lowest BCUT2D eigenvalue weighted by molar-refractivity contribution is 0.0714. The standard InChI is InChI=1S/C19H27N5O/c1-19(2,3)24-17(14-7-8-14)12-16(21-24)18(25)23-11-4-6-15(23)13-22-10-5-9-20-22/h5,9-10,12,14-15H,4,6-8,11,13H2,1-3H3. The molecule has 0 aromatic carbocycles. The van der Waals surface area contributed by atoms with Crippen LogP contribution in [0.3, 0.4) is 0 Å². The van der Waals surface area contributed by atoms with E-state index in [0.29, 0.717) is 11.6 Å². The van der Waals surface area contributed by atoms with Crippen molar-refractivity contribution in [3.63, 3.8) is 0 Å². The molecule has 0 N–H and O–H groups in total. The molecule has 6 heteroatoms. The van der Waals surface area contributed by atoms with E-state index in [1.165, 1.54) is 18.5 Å². The minimum atomic E-state index is -0.101. The highest BCUT2D eigenvalue weighted by Crippen LogP contribution is 2.42. The monoisotopic (exact) mass is 341 g/mol. The van der Waals surface area contributed by atoms with Gasteiger partial charge >= 0.3 is 0 Å². The number of rotatable bonds is 4. The third-order valence-corrected chi connectivity index (χ3v) is 5.18. The van der Waals surface area contributed by atoms with E-state index in [1.54, 1.807) is 6.20 Å². The first-order valence-corrected chi connectivity index (χ1v) is 9.32. The smallest absolute Gasteiger partial charge is 0.274 e. The van der Waals surface area contributed by atoms with Gasteiger partial charge in [-0.15, -0.1) is 0 Å². The van der Waals surface area contributed by atoms with E-state index >= 15 is 0 Å². The van der Waals surface area contributed by atoms with Crippen LogP contribution >= 0.6 is 0 Å². The van der Waals surface area contributed by atoms with Gasteiger partial charge in [-0.3, -0.25) is 14.2 Å².